The molecule has 0 aromatic carbocycles. The van der Waals surface area contributed by atoms with Gasteiger partial charge in [-0.05, 0) is 43.9 Å². The van der Waals surface area contributed by atoms with E-state index in [9.17, 15) is 4.79 Å². The highest BCUT2D eigenvalue weighted by Crippen LogP contribution is 2.44. The van der Waals surface area contributed by atoms with Crippen molar-refractivity contribution in [2.75, 3.05) is 0 Å². The van der Waals surface area contributed by atoms with Crippen LogP contribution in [0, 0.1) is 11.8 Å². The van der Waals surface area contributed by atoms with Crippen molar-refractivity contribution in [1.29, 1.82) is 0 Å². The van der Waals surface area contributed by atoms with Crippen molar-refractivity contribution in [1.82, 2.24) is 5.32 Å². The predicted molar refractivity (Wildman–Crippen MR) is 67.4 cm³/mol. The van der Waals surface area contributed by atoms with Gasteiger partial charge in [-0.2, -0.15) is 0 Å². The van der Waals surface area contributed by atoms with Crippen LogP contribution in [0.4, 0.5) is 0 Å². The third-order valence-corrected chi connectivity index (χ3v) is 5.25. The number of carbonyl (C=O) groups excluding carboxylic acids is 1. The Labute approximate surface area is 104 Å². The molecule has 17 heavy (non-hydrogen) atoms. The summed E-state index contributed by atoms with van der Waals surface area (Å²) in [5.41, 5.74) is 5.71. The van der Waals surface area contributed by atoms with Gasteiger partial charge in [0.05, 0.1) is 5.54 Å². The van der Waals surface area contributed by atoms with E-state index in [1.807, 2.05) is 0 Å². The van der Waals surface area contributed by atoms with Crippen molar-refractivity contribution in [3.8, 4) is 0 Å². The van der Waals surface area contributed by atoms with Crippen LogP contribution in [0.3, 0.4) is 0 Å². The smallest absolute Gasteiger partial charge is 0.240 e. The van der Waals surface area contributed by atoms with Gasteiger partial charge < -0.3 is 11.1 Å². The molecular formula is C14H24N2O. The number of nitrogens with one attached hydrogen (secondary N) is 1. The summed E-state index contributed by atoms with van der Waals surface area (Å²) in [6, 6.07) is 0.434. The van der Waals surface area contributed by atoms with Crippen molar-refractivity contribution in [3.05, 3.63) is 0 Å². The van der Waals surface area contributed by atoms with Crippen LogP contribution in [0.15, 0.2) is 0 Å². The average Bonchev–Trinajstić information content (AvgIpc) is 2.92. The van der Waals surface area contributed by atoms with E-state index in [1.165, 1.54) is 32.1 Å². The van der Waals surface area contributed by atoms with Crippen LogP contribution in [-0.4, -0.2) is 17.5 Å². The maximum absolute atomic E-state index is 12.3. The first-order valence-electron chi connectivity index (χ1n) is 7.27. The summed E-state index contributed by atoms with van der Waals surface area (Å²) >= 11 is 0. The van der Waals surface area contributed by atoms with Gasteiger partial charge >= 0.3 is 0 Å². The van der Waals surface area contributed by atoms with Crippen LogP contribution in [0.25, 0.3) is 0 Å². The first-order valence-corrected chi connectivity index (χ1v) is 7.27. The average molecular weight is 236 g/mol. The molecule has 0 heterocycles. The molecule has 3 aliphatic carbocycles. The number of rotatable bonds is 2. The van der Waals surface area contributed by atoms with E-state index in [0.29, 0.717) is 6.04 Å². The molecule has 3 fully saturated rings. The van der Waals surface area contributed by atoms with E-state index in [-0.39, 0.29) is 5.91 Å². The highest BCUT2D eigenvalue weighted by Gasteiger charge is 2.43. The van der Waals surface area contributed by atoms with E-state index < -0.39 is 5.54 Å². The monoisotopic (exact) mass is 236 g/mol. The SMILES string of the molecule is NC1(C(=O)NC2CC3CCC2C3)CCCCC1. The van der Waals surface area contributed by atoms with Crippen LogP contribution in [0.1, 0.15) is 57.8 Å². The minimum atomic E-state index is -0.555. The zero-order valence-corrected chi connectivity index (χ0v) is 10.6. The summed E-state index contributed by atoms with van der Waals surface area (Å²) in [5.74, 6) is 1.76. The Kier molecular flexibility index (Phi) is 2.89. The Morgan fingerprint density at radius 1 is 1.12 bits per heavy atom. The van der Waals surface area contributed by atoms with Gasteiger partial charge in [0, 0.05) is 6.04 Å². The summed E-state index contributed by atoms with van der Waals surface area (Å²) in [6.45, 7) is 0. The minimum absolute atomic E-state index is 0.134. The molecule has 0 aliphatic heterocycles. The molecule has 3 nitrogen and oxygen atoms in total. The van der Waals surface area contributed by atoms with Gasteiger partial charge in [0.1, 0.15) is 0 Å². The van der Waals surface area contributed by atoms with Crippen LogP contribution in [0.2, 0.25) is 0 Å². The second kappa shape index (κ2) is 4.27. The summed E-state index contributed by atoms with van der Waals surface area (Å²) in [7, 11) is 0. The van der Waals surface area contributed by atoms with Gasteiger partial charge in [-0.1, -0.05) is 25.7 Å². The second-order valence-electron chi connectivity index (χ2n) is 6.47. The van der Waals surface area contributed by atoms with Gasteiger partial charge in [0.25, 0.3) is 0 Å². The Balaban J connectivity index is 1.59. The predicted octanol–water partition coefficient (Wildman–Crippen LogP) is 1.95. The number of carbonyl (C=O) groups is 1. The Bertz CT molecular complexity index is 309. The zero-order chi connectivity index (χ0) is 11.9. The fourth-order valence-corrected chi connectivity index (χ4v) is 4.14. The molecule has 96 valence electrons. The Hall–Kier alpha value is -0.570. The third kappa shape index (κ3) is 2.10. The lowest BCUT2D eigenvalue weighted by atomic mass is 9.81. The fourth-order valence-electron chi connectivity index (χ4n) is 4.14. The third-order valence-electron chi connectivity index (χ3n) is 5.25. The normalized spacial score (nSPS) is 39.2. The molecule has 3 atom stereocenters. The van der Waals surface area contributed by atoms with Crippen molar-refractivity contribution < 1.29 is 4.79 Å². The molecule has 3 heteroatoms. The number of hydrogen-bond donors (Lipinski definition) is 2. The standard InChI is InChI=1S/C14H24N2O/c15-14(6-2-1-3-7-14)13(17)16-12-9-10-4-5-11(12)8-10/h10-12H,1-9,15H2,(H,16,17). The lowest BCUT2D eigenvalue weighted by Gasteiger charge is -2.34. The Morgan fingerprint density at radius 2 is 1.88 bits per heavy atom. The van der Waals surface area contributed by atoms with Crippen LogP contribution in [0.5, 0.6) is 0 Å². The quantitative estimate of drug-likeness (QED) is 0.770. The highest BCUT2D eigenvalue weighted by molar-refractivity contribution is 5.86. The van der Waals surface area contributed by atoms with E-state index in [2.05, 4.69) is 5.32 Å². The van der Waals surface area contributed by atoms with E-state index >= 15 is 0 Å². The van der Waals surface area contributed by atoms with Gasteiger partial charge in [-0.15, -0.1) is 0 Å². The van der Waals surface area contributed by atoms with Gasteiger partial charge in [-0.3, -0.25) is 4.79 Å². The van der Waals surface area contributed by atoms with Crippen LogP contribution >= 0.6 is 0 Å². The first kappa shape index (κ1) is 11.5. The van der Waals surface area contributed by atoms with Crippen LogP contribution in [-0.2, 0) is 4.79 Å². The number of fused-ring (bicyclic) bond motifs is 2. The summed E-state index contributed by atoms with van der Waals surface area (Å²) < 4.78 is 0. The van der Waals surface area contributed by atoms with Crippen molar-refractivity contribution in [3.63, 3.8) is 0 Å². The Morgan fingerprint density at radius 3 is 2.47 bits per heavy atom. The van der Waals surface area contributed by atoms with Gasteiger partial charge in [0.2, 0.25) is 5.91 Å². The summed E-state index contributed by atoms with van der Waals surface area (Å²) in [4.78, 5) is 12.3. The maximum atomic E-state index is 12.3. The van der Waals surface area contributed by atoms with Gasteiger partial charge in [0.15, 0.2) is 0 Å². The molecule has 3 aliphatic rings. The summed E-state index contributed by atoms with van der Waals surface area (Å²) in [6.07, 6.45) is 10.4. The van der Waals surface area contributed by atoms with Crippen LogP contribution < -0.4 is 11.1 Å². The molecule has 2 bridgehead atoms. The van der Waals surface area contributed by atoms with Crippen molar-refractivity contribution in [2.24, 2.45) is 17.6 Å². The van der Waals surface area contributed by atoms with Gasteiger partial charge in [-0.25, -0.2) is 0 Å². The topological polar surface area (TPSA) is 55.1 Å². The molecule has 0 aromatic rings. The largest absolute Gasteiger partial charge is 0.351 e. The molecule has 1 amide bonds. The number of nitrogens with two attached hydrogens (primary N) is 1. The molecule has 3 unspecified atom stereocenters. The fraction of sp³-hybridized carbons (Fsp3) is 0.929. The lowest BCUT2D eigenvalue weighted by molar-refractivity contribution is -0.128. The molecule has 0 radical (unpaired) electrons. The molecular weight excluding hydrogens is 212 g/mol. The van der Waals surface area contributed by atoms with Crippen molar-refractivity contribution in [2.45, 2.75) is 69.4 Å². The van der Waals surface area contributed by atoms with Crippen molar-refractivity contribution >= 4 is 5.91 Å². The molecule has 0 aromatic heterocycles. The highest BCUT2D eigenvalue weighted by atomic mass is 16.2. The lowest BCUT2D eigenvalue weighted by Crippen LogP contribution is -2.57. The molecule has 3 saturated carbocycles. The molecule has 0 spiro atoms. The number of hydrogen-bond acceptors (Lipinski definition) is 2. The first-order chi connectivity index (χ1) is 8.17. The summed E-state index contributed by atoms with van der Waals surface area (Å²) in [5, 5.41) is 3.26. The zero-order valence-electron chi connectivity index (χ0n) is 10.6. The maximum Gasteiger partial charge on any atom is 0.240 e. The van der Waals surface area contributed by atoms with E-state index in [1.54, 1.807) is 0 Å². The van der Waals surface area contributed by atoms with E-state index in [0.717, 1.165) is 37.5 Å². The molecule has 3 rings (SSSR count). The molecule has 3 N–H and O–H groups in total. The molecule has 0 saturated heterocycles. The van der Waals surface area contributed by atoms with E-state index in [4.69, 9.17) is 5.73 Å². The number of amides is 1. The minimum Gasteiger partial charge on any atom is -0.351 e. The second-order valence-corrected chi connectivity index (χ2v) is 6.47.